The fraction of sp³-hybridized carbons (Fsp3) is 0.571. The van der Waals surface area contributed by atoms with E-state index in [4.69, 9.17) is 4.74 Å². The normalized spacial score (nSPS) is 14.5. The summed E-state index contributed by atoms with van der Waals surface area (Å²) in [7, 11) is 1.75. The Hall–Kier alpha value is -0.510. The van der Waals surface area contributed by atoms with E-state index in [0.717, 1.165) is 13.2 Å². The van der Waals surface area contributed by atoms with Crippen molar-refractivity contribution in [3.05, 3.63) is 35.9 Å². The zero-order valence-corrected chi connectivity index (χ0v) is 11.8. The van der Waals surface area contributed by atoms with Crippen molar-refractivity contribution < 1.29 is 4.74 Å². The third-order valence-electron chi connectivity index (χ3n) is 2.88. The Balaban J connectivity index is 2.44. The molecule has 1 aromatic carbocycles. The first-order chi connectivity index (χ1) is 8.27. The van der Waals surface area contributed by atoms with E-state index in [1.165, 1.54) is 12.0 Å². The van der Waals surface area contributed by atoms with Crippen molar-refractivity contribution in [2.75, 3.05) is 26.5 Å². The summed E-state index contributed by atoms with van der Waals surface area (Å²) in [5.74, 6) is 0. The summed E-state index contributed by atoms with van der Waals surface area (Å²) in [6, 6.07) is 10.8. The number of methoxy groups -OCH3 is 1. The number of nitrogens with one attached hydrogen (secondary N) is 1. The lowest BCUT2D eigenvalue weighted by Gasteiger charge is -2.19. The van der Waals surface area contributed by atoms with Crippen LogP contribution in [0.4, 0.5) is 0 Å². The molecule has 1 aromatic rings. The van der Waals surface area contributed by atoms with Gasteiger partial charge >= 0.3 is 0 Å². The Morgan fingerprint density at radius 3 is 2.59 bits per heavy atom. The lowest BCUT2D eigenvalue weighted by Crippen LogP contribution is -2.27. The molecular formula is C14H23NOS. The molecule has 0 bridgehead atoms. The summed E-state index contributed by atoms with van der Waals surface area (Å²) in [5.41, 5.74) is 1.30. The fourth-order valence-electron chi connectivity index (χ4n) is 1.70. The molecule has 0 fully saturated rings. The van der Waals surface area contributed by atoms with Crippen molar-refractivity contribution in [1.82, 2.24) is 5.32 Å². The summed E-state index contributed by atoms with van der Waals surface area (Å²) < 4.78 is 5.27. The quantitative estimate of drug-likeness (QED) is 0.769. The molecule has 2 unspecified atom stereocenters. The van der Waals surface area contributed by atoms with Crippen molar-refractivity contribution in [2.24, 2.45) is 0 Å². The van der Waals surface area contributed by atoms with Crippen LogP contribution in [0.15, 0.2) is 30.3 Å². The Bertz CT molecular complexity index is 292. The number of benzene rings is 1. The van der Waals surface area contributed by atoms with Crippen molar-refractivity contribution in [3.63, 3.8) is 0 Å². The lowest BCUT2D eigenvalue weighted by molar-refractivity contribution is 0.167. The van der Waals surface area contributed by atoms with Gasteiger partial charge in [-0.15, -0.1) is 0 Å². The van der Waals surface area contributed by atoms with Crippen LogP contribution in [0.2, 0.25) is 0 Å². The predicted molar refractivity (Wildman–Crippen MR) is 76.7 cm³/mol. The van der Waals surface area contributed by atoms with Crippen LogP contribution >= 0.6 is 11.8 Å². The number of hydrogen-bond acceptors (Lipinski definition) is 3. The van der Waals surface area contributed by atoms with Gasteiger partial charge in [-0.3, -0.25) is 0 Å². The Morgan fingerprint density at radius 2 is 2.00 bits per heavy atom. The van der Waals surface area contributed by atoms with Crippen LogP contribution in [0.3, 0.4) is 0 Å². The average molecular weight is 253 g/mol. The highest BCUT2D eigenvalue weighted by atomic mass is 32.2. The lowest BCUT2D eigenvalue weighted by atomic mass is 10.1. The van der Waals surface area contributed by atoms with Gasteiger partial charge in [-0.25, -0.2) is 0 Å². The van der Waals surface area contributed by atoms with E-state index in [9.17, 15) is 0 Å². The van der Waals surface area contributed by atoms with E-state index in [1.807, 2.05) is 17.8 Å². The van der Waals surface area contributed by atoms with E-state index in [1.54, 1.807) is 7.11 Å². The molecule has 0 saturated heterocycles. The maximum absolute atomic E-state index is 5.27. The number of hydrogen-bond donors (Lipinski definition) is 1. The molecule has 0 amide bonds. The van der Waals surface area contributed by atoms with Crippen molar-refractivity contribution in [3.8, 4) is 0 Å². The summed E-state index contributed by atoms with van der Waals surface area (Å²) in [6.07, 6.45) is 3.35. The molecule has 0 heterocycles. The Morgan fingerprint density at radius 1 is 1.29 bits per heavy atom. The average Bonchev–Trinajstić information content (AvgIpc) is 2.38. The van der Waals surface area contributed by atoms with Crippen molar-refractivity contribution >= 4 is 11.8 Å². The number of ether oxygens (including phenoxy) is 1. The molecule has 0 radical (unpaired) electrons. The first-order valence-corrected chi connectivity index (χ1v) is 7.36. The van der Waals surface area contributed by atoms with E-state index in [2.05, 4.69) is 42.8 Å². The van der Waals surface area contributed by atoms with Crippen LogP contribution in [-0.4, -0.2) is 31.8 Å². The third-order valence-corrected chi connectivity index (χ3v) is 3.92. The van der Waals surface area contributed by atoms with E-state index in [-0.39, 0.29) is 0 Å². The second kappa shape index (κ2) is 8.56. The van der Waals surface area contributed by atoms with Crippen LogP contribution in [0.1, 0.15) is 24.9 Å². The molecule has 1 rings (SSSR count). The highest BCUT2D eigenvalue weighted by Gasteiger charge is 2.10. The first kappa shape index (κ1) is 14.6. The van der Waals surface area contributed by atoms with Gasteiger partial charge in [0.25, 0.3) is 0 Å². The smallest absolute Gasteiger partial charge is 0.0657 e. The molecule has 96 valence electrons. The molecule has 1 N–H and O–H groups in total. The van der Waals surface area contributed by atoms with Gasteiger partial charge in [0, 0.05) is 12.4 Å². The van der Waals surface area contributed by atoms with Crippen LogP contribution in [-0.2, 0) is 4.74 Å². The molecule has 2 atom stereocenters. The number of rotatable bonds is 8. The zero-order chi connectivity index (χ0) is 12.5. The van der Waals surface area contributed by atoms with E-state index in [0.29, 0.717) is 11.3 Å². The first-order valence-electron chi connectivity index (χ1n) is 6.08. The molecule has 0 saturated carbocycles. The maximum atomic E-state index is 5.27. The number of thioether (sulfide) groups is 1. The van der Waals surface area contributed by atoms with Gasteiger partial charge in [-0.1, -0.05) is 37.3 Å². The molecule has 0 aliphatic carbocycles. The van der Waals surface area contributed by atoms with Gasteiger partial charge in [0.15, 0.2) is 0 Å². The minimum atomic E-state index is 0.301. The monoisotopic (exact) mass is 253 g/mol. The highest BCUT2D eigenvalue weighted by molar-refractivity contribution is 7.99. The van der Waals surface area contributed by atoms with Gasteiger partial charge in [0.05, 0.1) is 12.6 Å². The summed E-state index contributed by atoms with van der Waals surface area (Å²) in [6.45, 7) is 4.02. The maximum Gasteiger partial charge on any atom is 0.0657 e. The summed E-state index contributed by atoms with van der Waals surface area (Å²) in [5, 5.41) is 4.27. The fourth-order valence-corrected chi connectivity index (χ4v) is 2.06. The van der Waals surface area contributed by atoms with Gasteiger partial charge < -0.3 is 10.1 Å². The Labute approximate surface area is 109 Å². The Kier molecular flexibility index (Phi) is 7.33. The van der Waals surface area contributed by atoms with Gasteiger partial charge in [0.2, 0.25) is 0 Å². The van der Waals surface area contributed by atoms with Gasteiger partial charge in [-0.05, 0) is 24.8 Å². The molecule has 17 heavy (non-hydrogen) atoms. The van der Waals surface area contributed by atoms with Crippen LogP contribution < -0.4 is 5.32 Å². The minimum absolute atomic E-state index is 0.301. The van der Waals surface area contributed by atoms with Crippen LogP contribution in [0.25, 0.3) is 0 Å². The summed E-state index contributed by atoms with van der Waals surface area (Å²) in [4.78, 5) is 0. The molecule has 0 aliphatic rings. The second-order valence-electron chi connectivity index (χ2n) is 4.21. The molecule has 2 nitrogen and oxygen atoms in total. The highest BCUT2D eigenvalue weighted by Crippen LogP contribution is 2.14. The molecule has 3 heteroatoms. The van der Waals surface area contributed by atoms with Gasteiger partial charge in [0.1, 0.15) is 0 Å². The minimum Gasteiger partial charge on any atom is -0.383 e. The molecule has 0 spiro atoms. The predicted octanol–water partition coefficient (Wildman–Crippen LogP) is 3.11. The zero-order valence-electron chi connectivity index (χ0n) is 11.0. The van der Waals surface area contributed by atoms with Crippen LogP contribution in [0, 0.1) is 0 Å². The molecular weight excluding hydrogens is 230 g/mol. The molecule has 0 aliphatic heterocycles. The van der Waals surface area contributed by atoms with Crippen molar-refractivity contribution in [1.29, 1.82) is 0 Å². The van der Waals surface area contributed by atoms with E-state index >= 15 is 0 Å². The van der Waals surface area contributed by atoms with Crippen molar-refractivity contribution in [2.45, 2.75) is 24.6 Å². The third kappa shape index (κ3) is 5.57. The topological polar surface area (TPSA) is 21.3 Å². The molecule has 0 aromatic heterocycles. The summed E-state index contributed by atoms with van der Waals surface area (Å²) >= 11 is 1.91. The SMILES string of the molecule is COCC(NCCC(C)SC)c1ccccc1. The second-order valence-corrected chi connectivity index (χ2v) is 5.48. The standard InChI is InChI=1S/C14H23NOS/c1-12(17-3)9-10-15-14(11-16-2)13-7-5-4-6-8-13/h4-8,12,14-15H,9-11H2,1-3H3. The van der Waals surface area contributed by atoms with Crippen LogP contribution in [0.5, 0.6) is 0 Å². The largest absolute Gasteiger partial charge is 0.383 e. The van der Waals surface area contributed by atoms with E-state index < -0.39 is 0 Å². The van der Waals surface area contributed by atoms with Gasteiger partial charge in [-0.2, -0.15) is 11.8 Å².